The van der Waals surface area contributed by atoms with Crippen LogP contribution < -0.4 is 0 Å². The molecule has 0 amide bonds. The summed E-state index contributed by atoms with van der Waals surface area (Å²) in [6.07, 6.45) is 0.899. The number of hydrogen-bond donors (Lipinski definition) is 0. The summed E-state index contributed by atoms with van der Waals surface area (Å²) < 4.78 is 6.75. The van der Waals surface area contributed by atoms with Gasteiger partial charge in [0.25, 0.3) is 0 Å². The maximum absolute atomic E-state index is 10.7. The highest BCUT2D eigenvalue weighted by molar-refractivity contribution is 6.17. The highest BCUT2D eigenvalue weighted by Gasteiger charge is 2.23. The van der Waals surface area contributed by atoms with Gasteiger partial charge in [0, 0.05) is 6.61 Å². The number of alkyl halides is 1. The number of nitro groups is 1. The van der Waals surface area contributed by atoms with Crippen molar-refractivity contribution < 1.29 is 9.66 Å². The molecule has 0 aromatic carbocycles. The van der Waals surface area contributed by atoms with E-state index >= 15 is 0 Å². The van der Waals surface area contributed by atoms with Crippen LogP contribution >= 0.6 is 11.6 Å². The summed E-state index contributed by atoms with van der Waals surface area (Å²) in [5.74, 6) is -0.0577. The van der Waals surface area contributed by atoms with E-state index in [2.05, 4.69) is 4.98 Å². The van der Waals surface area contributed by atoms with Crippen molar-refractivity contribution in [3.05, 3.63) is 21.5 Å². The van der Waals surface area contributed by atoms with Gasteiger partial charge in [0.15, 0.2) is 5.69 Å². The molecule has 0 bridgehead atoms. The molecular weight excluding hydrogens is 234 g/mol. The summed E-state index contributed by atoms with van der Waals surface area (Å²) in [7, 11) is 1.59. The van der Waals surface area contributed by atoms with Crippen molar-refractivity contribution in [2.45, 2.75) is 25.8 Å². The van der Waals surface area contributed by atoms with Crippen molar-refractivity contribution in [3.8, 4) is 0 Å². The van der Waals surface area contributed by atoms with E-state index in [-0.39, 0.29) is 11.8 Å². The minimum atomic E-state index is -0.528. The van der Waals surface area contributed by atoms with Crippen LogP contribution in [0.3, 0.4) is 0 Å². The van der Waals surface area contributed by atoms with Crippen molar-refractivity contribution in [2.75, 3.05) is 6.61 Å². The standard InChI is InChI=1S/C9H14ClN3O3/c1-3-4-16-6-8-7(5-10)11-9(12(8)2)13(14)15/h3-6H2,1-2H3. The first-order valence-electron chi connectivity index (χ1n) is 4.94. The average molecular weight is 248 g/mol. The first-order chi connectivity index (χ1) is 7.61. The van der Waals surface area contributed by atoms with Crippen LogP contribution in [0.15, 0.2) is 0 Å². The van der Waals surface area contributed by atoms with Gasteiger partial charge in [-0.15, -0.1) is 11.6 Å². The summed E-state index contributed by atoms with van der Waals surface area (Å²) in [4.78, 5) is 14.0. The van der Waals surface area contributed by atoms with E-state index in [9.17, 15) is 10.1 Å². The minimum absolute atomic E-state index is 0.145. The maximum atomic E-state index is 10.7. The number of nitrogens with zero attached hydrogens (tertiary/aromatic N) is 3. The van der Waals surface area contributed by atoms with Gasteiger partial charge in [-0.25, -0.2) is 4.57 Å². The number of rotatable bonds is 6. The van der Waals surface area contributed by atoms with Gasteiger partial charge in [-0.1, -0.05) is 11.9 Å². The second kappa shape index (κ2) is 5.81. The molecule has 7 heteroatoms. The maximum Gasteiger partial charge on any atom is 0.434 e. The normalized spacial score (nSPS) is 10.7. The third-order valence-corrected chi connectivity index (χ3v) is 2.40. The molecule has 0 spiro atoms. The van der Waals surface area contributed by atoms with Gasteiger partial charge in [-0.2, -0.15) is 0 Å². The Bertz CT molecular complexity index is 378. The molecule has 0 saturated heterocycles. The molecule has 6 nitrogen and oxygen atoms in total. The Morgan fingerprint density at radius 2 is 2.31 bits per heavy atom. The van der Waals surface area contributed by atoms with E-state index < -0.39 is 4.92 Å². The molecule has 90 valence electrons. The second-order valence-electron chi connectivity index (χ2n) is 3.31. The van der Waals surface area contributed by atoms with Crippen molar-refractivity contribution in [1.29, 1.82) is 0 Å². The van der Waals surface area contributed by atoms with E-state index in [1.807, 2.05) is 6.92 Å². The summed E-state index contributed by atoms with van der Waals surface area (Å²) in [6.45, 7) is 2.90. The number of aromatic nitrogens is 2. The molecular formula is C9H14ClN3O3. The van der Waals surface area contributed by atoms with Crippen LogP contribution in [0, 0.1) is 10.1 Å². The van der Waals surface area contributed by atoms with Gasteiger partial charge in [0.1, 0.15) is 12.3 Å². The van der Waals surface area contributed by atoms with Crippen molar-refractivity contribution in [3.63, 3.8) is 0 Å². The van der Waals surface area contributed by atoms with Crippen molar-refractivity contribution >= 4 is 17.5 Å². The van der Waals surface area contributed by atoms with Crippen molar-refractivity contribution in [1.82, 2.24) is 9.55 Å². The molecule has 1 aromatic rings. The van der Waals surface area contributed by atoms with Crippen LogP contribution in [0.4, 0.5) is 5.95 Å². The Morgan fingerprint density at radius 1 is 1.62 bits per heavy atom. The van der Waals surface area contributed by atoms with E-state index in [1.54, 1.807) is 7.05 Å². The zero-order chi connectivity index (χ0) is 12.1. The molecule has 0 aliphatic heterocycles. The van der Waals surface area contributed by atoms with Crippen LogP contribution in [0.25, 0.3) is 0 Å². The lowest BCUT2D eigenvalue weighted by Crippen LogP contribution is -2.05. The van der Waals surface area contributed by atoms with E-state index in [1.165, 1.54) is 4.57 Å². The lowest BCUT2D eigenvalue weighted by Gasteiger charge is -2.02. The Hall–Kier alpha value is -1.14. The topological polar surface area (TPSA) is 70.2 Å². The molecule has 1 heterocycles. The quantitative estimate of drug-likeness (QED) is 0.334. The Morgan fingerprint density at radius 3 is 2.81 bits per heavy atom. The van der Waals surface area contributed by atoms with Gasteiger partial charge in [-0.05, 0) is 11.3 Å². The van der Waals surface area contributed by atoms with Crippen LogP contribution in [0.2, 0.25) is 0 Å². The first kappa shape index (κ1) is 12.9. The summed E-state index contributed by atoms with van der Waals surface area (Å²) in [6, 6.07) is 0. The predicted molar refractivity (Wildman–Crippen MR) is 59.4 cm³/mol. The molecule has 0 aliphatic carbocycles. The zero-order valence-corrected chi connectivity index (χ0v) is 10.0. The highest BCUT2D eigenvalue weighted by atomic mass is 35.5. The number of imidazole rings is 1. The van der Waals surface area contributed by atoms with Crippen molar-refractivity contribution in [2.24, 2.45) is 7.05 Å². The molecule has 0 fully saturated rings. The fourth-order valence-corrected chi connectivity index (χ4v) is 1.55. The van der Waals surface area contributed by atoms with E-state index in [0.717, 1.165) is 6.42 Å². The molecule has 0 N–H and O–H groups in total. The molecule has 16 heavy (non-hydrogen) atoms. The molecule has 1 rings (SSSR count). The fraction of sp³-hybridized carbons (Fsp3) is 0.667. The highest BCUT2D eigenvalue weighted by Crippen LogP contribution is 2.19. The Balaban J connectivity index is 2.92. The monoisotopic (exact) mass is 247 g/mol. The summed E-state index contributed by atoms with van der Waals surface area (Å²) in [5, 5.41) is 10.7. The third-order valence-electron chi connectivity index (χ3n) is 2.15. The predicted octanol–water partition coefficient (Wildman–Crippen LogP) is 1.99. The number of ether oxygens (including phenoxy) is 1. The molecule has 0 saturated carbocycles. The molecule has 0 radical (unpaired) electrons. The van der Waals surface area contributed by atoms with Gasteiger partial charge in [-0.3, -0.25) is 0 Å². The molecule has 0 atom stereocenters. The minimum Gasteiger partial charge on any atom is -0.390 e. The van der Waals surface area contributed by atoms with Gasteiger partial charge >= 0.3 is 5.95 Å². The fourth-order valence-electron chi connectivity index (χ4n) is 1.34. The first-order valence-corrected chi connectivity index (χ1v) is 5.47. The Labute approximate surface area is 98.3 Å². The van der Waals surface area contributed by atoms with E-state index in [0.29, 0.717) is 24.6 Å². The van der Waals surface area contributed by atoms with Crippen LogP contribution in [0.5, 0.6) is 0 Å². The molecule has 0 aliphatic rings. The van der Waals surface area contributed by atoms with Crippen LogP contribution in [-0.2, 0) is 24.3 Å². The lowest BCUT2D eigenvalue weighted by atomic mass is 10.3. The summed E-state index contributed by atoms with van der Waals surface area (Å²) in [5.41, 5.74) is 1.17. The molecule has 1 aromatic heterocycles. The largest absolute Gasteiger partial charge is 0.434 e. The summed E-state index contributed by atoms with van der Waals surface area (Å²) >= 11 is 5.68. The zero-order valence-electron chi connectivity index (χ0n) is 9.27. The SMILES string of the molecule is CCCOCc1c(CCl)nc([N+](=O)[O-])n1C. The van der Waals surface area contributed by atoms with Gasteiger partial charge in [0.2, 0.25) is 0 Å². The lowest BCUT2D eigenvalue weighted by molar-refractivity contribution is -0.396. The van der Waals surface area contributed by atoms with Crippen LogP contribution in [-0.4, -0.2) is 21.1 Å². The second-order valence-corrected chi connectivity index (χ2v) is 3.57. The van der Waals surface area contributed by atoms with Crippen LogP contribution in [0.1, 0.15) is 24.7 Å². The number of hydrogen-bond acceptors (Lipinski definition) is 4. The van der Waals surface area contributed by atoms with E-state index in [4.69, 9.17) is 16.3 Å². The Kier molecular flexibility index (Phi) is 4.70. The average Bonchev–Trinajstić information content (AvgIpc) is 2.57. The number of halogens is 1. The third kappa shape index (κ3) is 2.70. The van der Waals surface area contributed by atoms with Gasteiger partial charge in [0.05, 0.1) is 12.9 Å². The van der Waals surface area contributed by atoms with Gasteiger partial charge < -0.3 is 14.9 Å². The molecule has 0 unspecified atom stereocenters. The smallest absolute Gasteiger partial charge is 0.390 e.